The van der Waals surface area contributed by atoms with Gasteiger partial charge in [-0.1, -0.05) is 0 Å². The molecule has 16 heavy (non-hydrogen) atoms. The summed E-state index contributed by atoms with van der Waals surface area (Å²) in [5.41, 5.74) is 2.13. The molecule has 0 fully saturated rings. The Balaban J connectivity index is 2.46. The number of pyridine rings is 2. The fourth-order valence-electron chi connectivity index (χ4n) is 1.46. The predicted molar refractivity (Wildman–Crippen MR) is 60.2 cm³/mol. The molecule has 2 aromatic rings. The van der Waals surface area contributed by atoms with Crippen molar-refractivity contribution in [3.63, 3.8) is 0 Å². The van der Waals surface area contributed by atoms with Crippen LogP contribution >= 0.6 is 0 Å². The van der Waals surface area contributed by atoms with Crippen LogP contribution < -0.4 is 0 Å². The number of carbonyl (C=O) groups excluding carboxylic acids is 1. The zero-order chi connectivity index (χ0) is 11.5. The molecule has 0 aliphatic heterocycles. The number of hydrogen-bond acceptors (Lipinski definition) is 4. The first-order chi connectivity index (χ1) is 7.70. The molecular weight excluding hydrogens is 204 g/mol. The van der Waals surface area contributed by atoms with Crippen molar-refractivity contribution in [2.45, 2.75) is 13.8 Å². The number of aryl methyl sites for hydroxylation is 1. The monoisotopic (exact) mass is 216 g/mol. The van der Waals surface area contributed by atoms with Crippen LogP contribution in [0, 0.1) is 6.92 Å². The van der Waals surface area contributed by atoms with E-state index in [1.165, 1.54) is 6.20 Å². The van der Waals surface area contributed by atoms with Crippen LogP contribution in [0.4, 0.5) is 0 Å². The highest BCUT2D eigenvalue weighted by molar-refractivity contribution is 5.92. The SMILES string of the molecule is CCOC(=O)c1cnc2ncc(C)cc2c1. The van der Waals surface area contributed by atoms with Crippen LogP contribution in [0.15, 0.2) is 24.5 Å². The average molecular weight is 216 g/mol. The smallest absolute Gasteiger partial charge is 0.339 e. The first-order valence-corrected chi connectivity index (χ1v) is 5.10. The standard InChI is InChI=1S/C12H12N2O2/c1-3-16-12(15)10-5-9-4-8(2)6-13-11(9)14-7-10/h4-7H,3H2,1-2H3. The normalized spacial score (nSPS) is 10.4. The van der Waals surface area contributed by atoms with Gasteiger partial charge in [-0.15, -0.1) is 0 Å². The van der Waals surface area contributed by atoms with Crippen LogP contribution in [0.3, 0.4) is 0 Å². The van der Waals surface area contributed by atoms with Crippen LogP contribution in [-0.4, -0.2) is 22.5 Å². The van der Waals surface area contributed by atoms with E-state index in [4.69, 9.17) is 4.74 Å². The lowest BCUT2D eigenvalue weighted by molar-refractivity contribution is 0.0526. The molecule has 2 heterocycles. The van der Waals surface area contributed by atoms with E-state index in [-0.39, 0.29) is 5.97 Å². The lowest BCUT2D eigenvalue weighted by Gasteiger charge is -2.02. The van der Waals surface area contributed by atoms with Crippen molar-refractivity contribution >= 4 is 17.0 Å². The second-order valence-electron chi connectivity index (χ2n) is 3.50. The molecule has 0 saturated carbocycles. The predicted octanol–water partition coefficient (Wildman–Crippen LogP) is 2.11. The lowest BCUT2D eigenvalue weighted by atomic mass is 10.2. The molecule has 0 amide bonds. The molecule has 0 unspecified atom stereocenters. The molecule has 2 rings (SSSR count). The van der Waals surface area contributed by atoms with Gasteiger partial charge in [0.1, 0.15) is 0 Å². The Labute approximate surface area is 93.3 Å². The minimum absolute atomic E-state index is 0.349. The van der Waals surface area contributed by atoms with Gasteiger partial charge in [-0.25, -0.2) is 14.8 Å². The molecule has 0 N–H and O–H groups in total. The van der Waals surface area contributed by atoms with Gasteiger partial charge in [-0.05, 0) is 31.5 Å². The summed E-state index contributed by atoms with van der Waals surface area (Å²) in [6, 6.07) is 3.69. The third-order valence-corrected chi connectivity index (χ3v) is 2.18. The summed E-state index contributed by atoms with van der Waals surface area (Å²) in [6.07, 6.45) is 3.24. The second kappa shape index (κ2) is 4.26. The Morgan fingerprint density at radius 1 is 1.31 bits per heavy atom. The van der Waals surface area contributed by atoms with Crippen LogP contribution in [0.25, 0.3) is 11.0 Å². The Bertz CT molecular complexity index is 538. The number of fused-ring (bicyclic) bond motifs is 1. The summed E-state index contributed by atoms with van der Waals surface area (Å²) in [7, 11) is 0. The zero-order valence-electron chi connectivity index (χ0n) is 9.23. The van der Waals surface area contributed by atoms with Gasteiger partial charge in [0.2, 0.25) is 0 Å². The molecule has 0 aliphatic rings. The van der Waals surface area contributed by atoms with Crippen molar-refractivity contribution in [2.24, 2.45) is 0 Å². The molecule has 4 nitrogen and oxygen atoms in total. The summed E-state index contributed by atoms with van der Waals surface area (Å²) >= 11 is 0. The number of nitrogens with zero attached hydrogens (tertiary/aromatic N) is 2. The molecule has 0 spiro atoms. The molecule has 82 valence electrons. The molecule has 0 aliphatic carbocycles. The van der Waals surface area contributed by atoms with Crippen molar-refractivity contribution in [3.05, 3.63) is 35.7 Å². The third kappa shape index (κ3) is 2.00. The van der Waals surface area contributed by atoms with E-state index in [0.29, 0.717) is 17.8 Å². The number of hydrogen-bond donors (Lipinski definition) is 0. The van der Waals surface area contributed by atoms with Gasteiger partial charge in [0, 0.05) is 17.8 Å². The molecular formula is C12H12N2O2. The van der Waals surface area contributed by atoms with Crippen LogP contribution in [0.5, 0.6) is 0 Å². The number of ether oxygens (including phenoxy) is 1. The lowest BCUT2D eigenvalue weighted by Crippen LogP contribution is -2.05. The van der Waals surface area contributed by atoms with E-state index in [2.05, 4.69) is 9.97 Å². The number of rotatable bonds is 2. The Kier molecular flexibility index (Phi) is 2.81. The average Bonchev–Trinajstić information content (AvgIpc) is 2.28. The number of aromatic nitrogens is 2. The van der Waals surface area contributed by atoms with Crippen molar-refractivity contribution in [2.75, 3.05) is 6.61 Å². The summed E-state index contributed by atoms with van der Waals surface area (Å²) in [5.74, 6) is -0.349. The number of carbonyl (C=O) groups is 1. The quantitative estimate of drug-likeness (QED) is 0.721. The van der Waals surface area contributed by atoms with E-state index in [1.807, 2.05) is 13.0 Å². The van der Waals surface area contributed by atoms with E-state index >= 15 is 0 Å². The van der Waals surface area contributed by atoms with Gasteiger partial charge in [0.25, 0.3) is 0 Å². The Morgan fingerprint density at radius 2 is 2.06 bits per heavy atom. The summed E-state index contributed by atoms with van der Waals surface area (Å²) < 4.78 is 4.91. The highest BCUT2D eigenvalue weighted by Gasteiger charge is 2.08. The minimum atomic E-state index is -0.349. The molecule has 0 saturated heterocycles. The van der Waals surface area contributed by atoms with Crippen molar-refractivity contribution in [1.82, 2.24) is 9.97 Å². The summed E-state index contributed by atoms with van der Waals surface area (Å²) in [6.45, 7) is 4.09. The van der Waals surface area contributed by atoms with Crippen LogP contribution in [0.2, 0.25) is 0 Å². The van der Waals surface area contributed by atoms with Crippen molar-refractivity contribution in [3.8, 4) is 0 Å². The van der Waals surface area contributed by atoms with Gasteiger partial charge < -0.3 is 4.74 Å². The molecule has 0 radical (unpaired) electrons. The summed E-state index contributed by atoms with van der Waals surface area (Å²) in [4.78, 5) is 19.8. The van der Waals surface area contributed by atoms with Gasteiger partial charge in [-0.3, -0.25) is 0 Å². The highest BCUT2D eigenvalue weighted by atomic mass is 16.5. The van der Waals surface area contributed by atoms with Crippen molar-refractivity contribution in [1.29, 1.82) is 0 Å². The Hall–Kier alpha value is -1.97. The van der Waals surface area contributed by atoms with Crippen LogP contribution in [-0.2, 0) is 4.74 Å². The van der Waals surface area contributed by atoms with Crippen LogP contribution in [0.1, 0.15) is 22.8 Å². The van der Waals surface area contributed by atoms with E-state index < -0.39 is 0 Å². The topological polar surface area (TPSA) is 52.1 Å². The molecule has 0 bridgehead atoms. The van der Waals surface area contributed by atoms with Crippen molar-refractivity contribution < 1.29 is 9.53 Å². The zero-order valence-corrected chi connectivity index (χ0v) is 9.23. The van der Waals surface area contributed by atoms with Gasteiger partial charge in [-0.2, -0.15) is 0 Å². The molecule has 0 atom stereocenters. The van der Waals surface area contributed by atoms with Gasteiger partial charge in [0.05, 0.1) is 12.2 Å². The number of esters is 1. The molecule has 0 aromatic carbocycles. The maximum absolute atomic E-state index is 11.5. The fourth-order valence-corrected chi connectivity index (χ4v) is 1.46. The maximum atomic E-state index is 11.5. The van der Waals surface area contributed by atoms with E-state index in [9.17, 15) is 4.79 Å². The highest BCUT2D eigenvalue weighted by Crippen LogP contribution is 2.13. The van der Waals surface area contributed by atoms with E-state index in [0.717, 1.165) is 10.9 Å². The van der Waals surface area contributed by atoms with Gasteiger partial charge in [0.15, 0.2) is 5.65 Å². The fraction of sp³-hybridized carbons (Fsp3) is 0.250. The minimum Gasteiger partial charge on any atom is -0.462 e. The Morgan fingerprint density at radius 3 is 2.81 bits per heavy atom. The van der Waals surface area contributed by atoms with Gasteiger partial charge >= 0.3 is 5.97 Å². The first kappa shape index (κ1) is 10.5. The summed E-state index contributed by atoms with van der Waals surface area (Å²) in [5, 5.41) is 0.852. The van der Waals surface area contributed by atoms with E-state index in [1.54, 1.807) is 19.2 Å². The molecule has 4 heteroatoms. The molecule has 2 aromatic heterocycles. The first-order valence-electron chi connectivity index (χ1n) is 5.10. The second-order valence-corrected chi connectivity index (χ2v) is 3.50. The maximum Gasteiger partial charge on any atom is 0.339 e. The third-order valence-electron chi connectivity index (χ3n) is 2.18. The largest absolute Gasteiger partial charge is 0.462 e.